The van der Waals surface area contributed by atoms with Gasteiger partial charge in [0, 0.05) is 6.61 Å². The van der Waals surface area contributed by atoms with Crippen LogP contribution in [0.5, 0.6) is 0 Å². The van der Waals surface area contributed by atoms with Crippen molar-refractivity contribution in [2.75, 3.05) is 6.61 Å². The van der Waals surface area contributed by atoms with Crippen LogP contribution in [0.2, 0.25) is 0 Å². The highest BCUT2D eigenvalue weighted by Gasteiger charge is 2.41. The normalized spacial score (nSPS) is 33.7. The molecule has 2 N–H and O–H groups in total. The van der Waals surface area contributed by atoms with Gasteiger partial charge in [0.25, 0.3) is 0 Å². The summed E-state index contributed by atoms with van der Waals surface area (Å²) < 4.78 is 0. The van der Waals surface area contributed by atoms with Gasteiger partial charge in [0.05, 0.1) is 5.41 Å². The van der Waals surface area contributed by atoms with Crippen LogP contribution >= 0.6 is 0 Å². The van der Waals surface area contributed by atoms with Gasteiger partial charge in [-0.2, -0.15) is 0 Å². The molecule has 1 aliphatic carbocycles. The molecule has 1 atom stereocenters. The molecule has 0 aromatic carbocycles. The third-order valence-electron chi connectivity index (χ3n) is 3.74. The van der Waals surface area contributed by atoms with E-state index in [1.165, 1.54) is 0 Å². The number of aliphatic hydroxyl groups excluding tert-OH is 1. The average Bonchev–Trinajstić information content (AvgIpc) is 2.21. The standard InChI is InChI=1S/C12H22O3/c1-9-3-5-12(6-4-9,11(14)15)7-10(2)8-13/h9-10,13H,3-8H2,1-2H3,(H,14,15). The molecule has 0 amide bonds. The number of aliphatic carboxylic acids is 1. The van der Waals surface area contributed by atoms with Gasteiger partial charge in [-0.1, -0.05) is 13.8 Å². The monoisotopic (exact) mass is 214 g/mol. The molecule has 3 nitrogen and oxygen atoms in total. The van der Waals surface area contributed by atoms with E-state index in [9.17, 15) is 9.90 Å². The van der Waals surface area contributed by atoms with E-state index >= 15 is 0 Å². The van der Waals surface area contributed by atoms with Crippen LogP contribution in [-0.4, -0.2) is 22.8 Å². The van der Waals surface area contributed by atoms with Gasteiger partial charge in [-0.05, 0) is 43.9 Å². The van der Waals surface area contributed by atoms with Gasteiger partial charge in [-0.3, -0.25) is 4.79 Å². The first-order valence-electron chi connectivity index (χ1n) is 5.84. The summed E-state index contributed by atoms with van der Waals surface area (Å²) >= 11 is 0. The number of hydrogen-bond donors (Lipinski definition) is 2. The zero-order valence-electron chi connectivity index (χ0n) is 9.70. The van der Waals surface area contributed by atoms with Crippen LogP contribution in [0, 0.1) is 17.3 Å². The van der Waals surface area contributed by atoms with Crippen molar-refractivity contribution < 1.29 is 15.0 Å². The maximum atomic E-state index is 11.4. The Kier molecular flexibility index (Phi) is 4.14. The second kappa shape index (κ2) is 4.97. The first kappa shape index (κ1) is 12.5. The van der Waals surface area contributed by atoms with Crippen LogP contribution in [0.4, 0.5) is 0 Å². The molecule has 0 radical (unpaired) electrons. The van der Waals surface area contributed by atoms with Crippen molar-refractivity contribution >= 4 is 5.97 Å². The Morgan fingerprint density at radius 1 is 1.47 bits per heavy atom. The molecule has 0 heterocycles. The zero-order valence-corrected chi connectivity index (χ0v) is 9.70. The van der Waals surface area contributed by atoms with E-state index < -0.39 is 11.4 Å². The maximum absolute atomic E-state index is 11.4. The van der Waals surface area contributed by atoms with Crippen molar-refractivity contribution in [1.82, 2.24) is 0 Å². The van der Waals surface area contributed by atoms with E-state index in [-0.39, 0.29) is 12.5 Å². The van der Waals surface area contributed by atoms with E-state index in [2.05, 4.69) is 6.92 Å². The topological polar surface area (TPSA) is 57.5 Å². The molecule has 88 valence electrons. The summed E-state index contributed by atoms with van der Waals surface area (Å²) in [5.74, 6) is 0.0751. The highest BCUT2D eigenvalue weighted by Crippen LogP contribution is 2.43. The van der Waals surface area contributed by atoms with Gasteiger partial charge >= 0.3 is 5.97 Å². The molecule has 0 spiro atoms. The number of rotatable bonds is 4. The first-order chi connectivity index (χ1) is 7.00. The van der Waals surface area contributed by atoms with Gasteiger partial charge in [0.15, 0.2) is 0 Å². The highest BCUT2D eigenvalue weighted by atomic mass is 16.4. The fourth-order valence-corrected chi connectivity index (χ4v) is 2.55. The fraction of sp³-hybridized carbons (Fsp3) is 0.917. The molecule has 1 saturated carbocycles. The highest BCUT2D eigenvalue weighted by molar-refractivity contribution is 5.74. The van der Waals surface area contributed by atoms with Crippen LogP contribution in [0.3, 0.4) is 0 Å². The van der Waals surface area contributed by atoms with Crippen molar-refractivity contribution in [1.29, 1.82) is 0 Å². The average molecular weight is 214 g/mol. The third-order valence-corrected chi connectivity index (χ3v) is 3.74. The minimum absolute atomic E-state index is 0.0879. The molecule has 15 heavy (non-hydrogen) atoms. The lowest BCUT2D eigenvalue weighted by Crippen LogP contribution is -2.37. The van der Waals surface area contributed by atoms with E-state index in [0.29, 0.717) is 12.3 Å². The fourth-order valence-electron chi connectivity index (χ4n) is 2.55. The third kappa shape index (κ3) is 2.94. The Balaban J connectivity index is 2.67. The Morgan fingerprint density at radius 3 is 2.40 bits per heavy atom. The maximum Gasteiger partial charge on any atom is 0.309 e. The summed E-state index contributed by atoms with van der Waals surface area (Å²) in [6, 6.07) is 0. The molecule has 0 aromatic rings. The van der Waals surface area contributed by atoms with Crippen molar-refractivity contribution in [3.63, 3.8) is 0 Å². The number of hydrogen-bond acceptors (Lipinski definition) is 2. The van der Waals surface area contributed by atoms with Crippen molar-refractivity contribution in [2.24, 2.45) is 17.3 Å². The summed E-state index contributed by atoms with van der Waals surface area (Å²) in [4.78, 5) is 11.4. The number of carboxylic acid groups (broad SMARTS) is 1. The van der Waals surface area contributed by atoms with Crippen LogP contribution in [-0.2, 0) is 4.79 Å². The van der Waals surface area contributed by atoms with Crippen LogP contribution in [0.25, 0.3) is 0 Å². The molecule has 0 aromatic heterocycles. The van der Waals surface area contributed by atoms with Crippen molar-refractivity contribution in [2.45, 2.75) is 46.0 Å². The Hall–Kier alpha value is -0.570. The predicted molar refractivity (Wildman–Crippen MR) is 58.6 cm³/mol. The van der Waals surface area contributed by atoms with Crippen LogP contribution in [0.1, 0.15) is 46.0 Å². The van der Waals surface area contributed by atoms with Gasteiger partial charge in [-0.25, -0.2) is 0 Å². The molecule has 1 rings (SSSR count). The van der Waals surface area contributed by atoms with E-state index in [4.69, 9.17) is 5.11 Å². The first-order valence-corrected chi connectivity index (χ1v) is 5.84. The molecule has 1 fully saturated rings. The lowest BCUT2D eigenvalue weighted by Gasteiger charge is -2.37. The van der Waals surface area contributed by atoms with Crippen molar-refractivity contribution in [3.8, 4) is 0 Å². The largest absolute Gasteiger partial charge is 0.481 e. The summed E-state index contributed by atoms with van der Waals surface area (Å²) in [6.07, 6.45) is 4.17. The lowest BCUT2D eigenvalue weighted by molar-refractivity contribution is -0.153. The van der Waals surface area contributed by atoms with E-state index in [1.807, 2.05) is 6.92 Å². The SMILES string of the molecule is CC1CCC(CC(C)CO)(C(=O)O)CC1. The molecule has 0 saturated heterocycles. The lowest BCUT2D eigenvalue weighted by atomic mass is 9.67. The van der Waals surface area contributed by atoms with E-state index in [0.717, 1.165) is 25.7 Å². The molecule has 1 aliphatic rings. The van der Waals surface area contributed by atoms with Gasteiger partial charge < -0.3 is 10.2 Å². The molecule has 0 bridgehead atoms. The molecule has 1 unspecified atom stereocenters. The number of aliphatic hydroxyl groups is 1. The summed E-state index contributed by atoms with van der Waals surface area (Å²) in [7, 11) is 0. The number of carboxylic acids is 1. The summed E-state index contributed by atoms with van der Waals surface area (Å²) in [5, 5.41) is 18.4. The second-order valence-electron chi connectivity index (χ2n) is 5.26. The van der Waals surface area contributed by atoms with Gasteiger partial charge in [-0.15, -0.1) is 0 Å². The van der Waals surface area contributed by atoms with Gasteiger partial charge in [0.2, 0.25) is 0 Å². The molecule has 0 aliphatic heterocycles. The molecule has 3 heteroatoms. The van der Waals surface area contributed by atoms with Crippen molar-refractivity contribution in [3.05, 3.63) is 0 Å². The van der Waals surface area contributed by atoms with Crippen LogP contribution < -0.4 is 0 Å². The molecular formula is C12H22O3. The Labute approximate surface area is 91.5 Å². The molecular weight excluding hydrogens is 192 g/mol. The zero-order chi connectivity index (χ0) is 11.5. The van der Waals surface area contributed by atoms with Gasteiger partial charge in [0.1, 0.15) is 0 Å². The summed E-state index contributed by atoms with van der Waals surface area (Å²) in [5.41, 5.74) is -0.561. The van der Waals surface area contributed by atoms with Crippen LogP contribution in [0.15, 0.2) is 0 Å². The van der Waals surface area contributed by atoms with E-state index in [1.54, 1.807) is 0 Å². The second-order valence-corrected chi connectivity index (χ2v) is 5.26. The minimum atomic E-state index is -0.672. The quantitative estimate of drug-likeness (QED) is 0.755. The predicted octanol–water partition coefficient (Wildman–Crippen LogP) is 2.29. The smallest absolute Gasteiger partial charge is 0.309 e. The Bertz CT molecular complexity index is 217. The Morgan fingerprint density at radius 2 is 2.00 bits per heavy atom. The minimum Gasteiger partial charge on any atom is -0.481 e. The summed E-state index contributed by atoms with van der Waals surface area (Å²) in [6.45, 7) is 4.19. The number of carbonyl (C=O) groups is 1.